The smallest absolute Gasteiger partial charge is 0.257 e. The van der Waals surface area contributed by atoms with E-state index in [0.29, 0.717) is 17.2 Å². The quantitative estimate of drug-likeness (QED) is 0.755. The summed E-state index contributed by atoms with van der Waals surface area (Å²) in [6.07, 6.45) is 4.34. The zero-order valence-electron chi connectivity index (χ0n) is 11.3. The molecule has 0 unspecified atom stereocenters. The number of imidazole rings is 1. The van der Waals surface area contributed by atoms with Gasteiger partial charge in [0.05, 0.1) is 17.4 Å². The molecule has 0 saturated carbocycles. The molecule has 3 aromatic rings. The molecule has 2 heterocycles. The highest BCUT2D eigenvalue weighted by Gasteiger charge is 2.10. The molecule has 108 valence electrons. The van der Waals surface area contributed by atoms with Gasteiger partial charge in [0.2, 0.25) is 0 Å². The Morgan fingerprint density at radius 2 is 2.29 bits per heavy atom. The molecule has 0 aliphatic rings. The summed E-state index contributed by atoms with van der Waals surface area (Å²) in [7, 11) is 0. The Balaban J connectivity index is 1.82. The van der Waals surface area contributed by atoms with Gasteiger partial charge in [-0.15, -0.1) is 11.3 Å². The fourth-order valence-electron chi connectivity index (χ4n) is 2.10. The zero-order chi connectivity index (χ0) is 14.7. The highest BCUT2D eigenvalue weighted by Crippen LogP contribution is 2.17. The van der Waals surface area contributed by atoms with Crippen LogP contribution in [0.4, 0.5) is 5.13 Å². The molecule has 1 aromatic carbocycles. The van der Waals surface area contributed by atoms with E-state index in [0.717, 1.165) is 24.0 Å². The summed E-state index contributed by atoms with van der Waals surface area (Å²) in [5.41, 5.74) is 7.91. The molecule has 21 heavy (non-hydrogen) atoms. The number of nitrogens with zero attached hydrogens (tertiary/aromatic N) is 3. The average molecular weight is 301 g/mol. The highest BCUT2D eigenvalue weighted by atomic mass is 32.1. The van der Waals surface area contributed by atoms with Crippen LogP contribution < -0.4 is 11.1 Å². The van der Waals surface area contributed by atoms with Gasteiger partial charge in [-0.2, -0.15) is 0 Å². The van der Waals surface area contributed by atoms with Crippen molar-refractivity contribution in [2.45, 2.75) is 13.0 Å². The normalized spacial score (nSPS) is 10.9. The fraction of sp³-hybridized carbons (Fsp3) is 0.214. The zero-order valence-corrected chi connectivity index (χ0v) is 12.1. The molecule has 0 fully saturated rings. The SMILES string of the molecule is NCCCn1cnc2cc(C(=O)Nc3nccs3)ccc21. The topological polar surface area (TPSA) is 85.8 Å². The predicted molar refractivity (Wildman–Crippen MR) is 83.5 cm³/mol. The highest BCUT2D eigenvalue weighted by molar-refractivity contribution is 7.13. The van der Waals surface area contributed by atoms with Crippen LogP contribution in [-0.4, -0.2) is 27.0 Å². The Morgan fingerprint density at radius 1 is 1.38 bits per heavy atom. The Morgan fingerprint density at radius 3 is 3.05 bits per heavy atom. The average Bonchev–Trinajstić information content (AvgIpc) is 3.14. The lowest BCUT2D eigenvalue weighted by Crippen LogP contribution is -2.11. The number of rotatable bonds is 5. The monoisotopic (exact) mass is 301 g/mol. The van der Waals surface area contributed by atoms with Gasteiger partial charge < -0.3 is 10.3 Å². The van der Waals surface area contributed by atoms with Gasteiger partial charge in [0.1, 0.15) is 0 Å². The van der Waals surface area contributed by atoms with Crippen LogP contribution in [0, 0.1) is 0 Å². The van der Waals surface area contributed by atoms with Crippen molar-refractivity contribution in [2.24, 2.45) is 5.73 Å². The van der Waals surface area contributed by atoms with Crippen LogP contribution in [0.15, 0.2) is 36.1 Å². The summed E-state index contributed by atoms with van der Waals surface area (Å²) in [6, 6.07) is 5.50. The molecule has 3 rings (SSSR count). The summed E-state index contributed by atoms with van der Waals surface area (Å²) >= 11 is 1.39. The van der Waals surface area contributed by atoms with Crippen LogP contribution in [0.5, 0.6) is 0 Å². The lowest BCUT2D eigenvalue weighted by Gasteiger charge is -2.04. The van der Waals surface area contributed by atoms with Crippen molar-refractivity contribution in [1.82, 2.24) is 14.5 Å². The number of thiazole rings is 1. The van der Waals surface area contributed by atoms with E-state index in [4.69, 9.17) is 5.73 Å². The number of aromatic nitrogens is 3. The number of fused-ring (bicyclic) bond motifs is 1. The second kappa shape index (κ2) is 6.02. The predicted octanol–water partition coefficient (Wildman–Crippen LogP) is 2.09. The molecule has 3 N–H and O–H groups in total. The summed E-state index contributed by atoms with van der Waals surface area (Å²) in [5, 5.41) is 5.17. The number of nitrogens with two attached hydrogens (primary N) is 1. The lowest BCUT2D eigenvalue weighted by atomic mass is 10.2. The maximum absolute atomic E-state index is 12.1. The third-order valence-electron chi connectivity index (χ3n) is 3.14. The van der Waals surface area contributed by atoms with Crippen molar-refractivity contribution in [3.63, 3.8) is 0 Å². The minimum absolute atomic E-state index is 0.177. The van der Waals surface area contributed by atoms with E-state index in [-0.39, 0.29) is 5.91 Å². The maximum atomic E-state index is 12.1. The Kier molecular flexibility index (Phi) is 3.94. The first-order valence-electron chi connectivity index (χ1n) is 6.64. The number of carbonyl (C=O) groups excluding carboxylic acids is 1. The van der Waals surface area contributed by atoms with Crippen LogP contribution in [0.1, 0.15) is 16.8 Å². The van der Waals surface area contributed by atoms with E-state index in [2.05, 4.69) is 15.3 Å². The Hall–Kier alpha value is -2.25. The summed E-state index contributed by atoms with van der Waals surface area (Å²) in [6.45, 7) is 1.48. The second-order valence-electron chi connectivity index (χ2n) is 4.58. The molecule has 0 aliphatic heterocycles. The molecule has 7 heteroatoms. The molecule has 0 spiro atoms. The fourth-order valence-corrected chi connectivity index (χ4v) is 2.62. The molecule has 2 aromatic heterocycles. The van der Waals surface area contributed by atoms with Gasteiger partial charge in [-0.05, 0) is 31.2 Å². The minimum Gasteiger partial charge on any atom is -0.331 e. The van der Waals surface area contributed by atoms with Crippen LogP contribution in [0.3, 0.4) is 0 Å². The van der Waals surface area contributed by atoms with E-state index >= 15 is 0 Å². The Labute approximate surface area is 125 Å². The molecule has 6 nitrogen and oxygen atoms in total. The number of hydrogen-bond donors (Lipinski definition) is 2. The summed E-state index contributed by atoms with van der Waals surface area (Å²) < 4.78 is 2.05. The van der Waals surface area contributed by atoms with Gasteiger partial charge in [0, 0.05) is 23.7 Å². The van der Waals surface area contributed by atoms with Gasteiger partial charge in [0.15, 0.2) is 5.13 Å². The number of carbonyl (C=O) groups is 1. The third-order valence-corrected chi connectivity index (χ3v) is 3.83. The first-order valence-corrected chi connectivity index (χ1v) is 7.51. The van der Waals surface area contributed by atoms with E-state index in [1.165, 1.54) is 11.3 Å². The molecule has 1 amide bonds. The van der Waals surface area contributed by atoms with Crippen LogP contribution in [-0.2, 0) is 6.54 Å². The van der Waals surface area contributed by atoms with Crippen molar-refractivity contribution in [1.29, 1.82) is 0 Å². The van der Waals surface area contributed by atoms with Crippen LogP contribution >= 0.6 is 11.3 Å². The molecule has 0 atom stereocenters. The van der Waals surface area contributed by atoms with Crippen LogP contribution in [0.25, 0.3) is 11.0 Å². The molecule has 0 aliphatic carbocycles. The lowest BCUT2D eigenvalue weighted by molar-refractivity contribution is 0.102. The van der Waals surface area contributed by atoms with E-state index < -0.39 is 0 Å². The van der Waals surface area contributed by atoms with Crippen molar-refractivity contribution < 1.29 is 4.79 Å². The number of aryl methyl sites for hydroxylation is 1. The van der Waals surface area contributed by atoms with Gasteiger partial charge in [-0.1, -0.05) is 0 Å². The van der Waals surface area contributed by atoms with Gasteiger partial charge in [-0.3, -0.25) is 10.1 Å². The number of anilines is 1. The first-order chi connectivity index (χ1) is 10.3. The van der Waals surface area contributed by atoms with Crippen molar-refractivity contribution in [2.75, 3.05) is 11.9 Å². The van der Waals surface area contributed by atoms with E-state index in [9.17, 15) is 4.79 Å². The van der Waals surface area contributed by atoms with Gasteiger partial charge in [0.25, 0.3) is 5.91 Å². The molecule has 0 radical (unpaired) electrons. The largest absolute Gasteiger partial charge is 0.331 e. The molecular weight excluding hydrogens is 286 g/mol. The maximum Gasteiger partial charge on any atom is 0.257 e. The third kappa shape index (κ3) is 2.93. The number of benzene rings is 1. The van der Waals surface area contributed by atoms with E-state index in [1.807, 2.05) is 16.0 Å². The first kappa shape index (κ1) is 13.7. The summed E-state index contributed by atoms with van der Waals surface area (Å²) in [4.78, 5) is 20.5. The van der Waals surface area contributed by atoms with E-state index in [1.54, 1.807) is 24.7 Å². The van der Waals surface area contributed by atoms with Crippen molar-refractivity contribution >= 4 is 33.4 Å². The van der Waals surface area contributed by atoms with Crippen LogP contribution in [0.2, 0.25) is 0 Å². The molecule has 0 bridgehead atoms. The summed E-state index contributed by atoms with van der Waals surface area (Å²) in [5.74, 6) is -0.177. The van der Waals surface area contributed by atoms with Gasteiger partial charge >= 0.3 is 0 Å². The van der Waals surface area contributed by atoms with Gasteiger partial charge in [-0.25, -0.2) is 9.97 Å². The van der Waals surface area contributed by atoms with Crippen molar-refractivity contribution in [3.05, 3.63) is 41.7 Å². The Bertz CT molecular complexity index is 750. The molecular formula is C14H15N5OS. The minimum atomic E-state index is -0.177. The number of hydrogen-bond acceptors (Lipinski definition) is 5. The number of nitrogens with one attached hydrogen (secondary N) is 1. The molecule has 0 saturated heterocycles. The standard InChI is InChI=1S/C14H15N5OS/c15-4-1-6-19-9-17-11-8-10(2-3-12(11)19)13(20)18-14-16-5-7-21-14/h2-3,5,7-9H,1,4,6,15H2,(H,16,18,20). The van der Waals surface area contributed by atoms with Crippen molar-refractivity contribution in [3.8, 4) is 0 Å². The second-order valence-corrected chi connectivity index (χ2v) is 5.47. The number of amides is 1.